The van der Waals surface area contributed by atoms with Gasteiger partial charge < -0.3 is 61.3 Å². The van der Waals surface area contributed by atoms with Gasteiger partial charge >= 0.3 is 5.97 Å². The average molecular weight is 885 g/mol. The van der Waals surface area contributed by atoms with E-state index in [9.17, 15) is 4.79 Å². The molecule has 0 fully saturated rings. The maximum atomic E-state index is 11.9. The molecule has 0 aliphatic heterocycles. The topological polar surface area (TPSA) is 137 Å². The third kappa shape index (κ3) is 55.2. The number of rotatable bonds is 53. The van der Waals surface area contributed by atoms with Crippen molar-refractivity contribution in [2.75, 3.05) is 159 Å². The van der Waals surface area contributed by atoms with Crippen molar-refractivity contribution in [2.24, 2.45) is 0 Å². The maximum Gasteiger partial charge on any atom is 0.305 e. The first-order chi connectivity index (χ1) is 29.5. The van der Waals surface area contributed by atoms with Crippen LogP contribution in [0.4, 0.5) is 0 Å². The Morgan fingerprint density at radius 2 is 0.517 bits per heavy atom. The fourth-order valence-electron chi connectivity index (χ4n) is 5.64. The Balaban J connectivity index is 3.13. The maximum absolute atomic E-state index is 11.9. The van der Waals surface area contributed by atoms with Crippen molar-refractivity contribution in [2.45, 2.75) is 129 Å². The van der Waals surface area contributed by atoms with E-state index >= 15 is 0 Å². The molecular weight excluding hydrogens is 793 g/mol. The van der Waals surface area contributed by atoms with Crippen LogP contribution < -0.4 is 0 Å². The van der Waals surface area contributed by atoms with Gasteiger partial charge in [-0.15, -0.1) is 0 Å². The van der Waals surface area contributed by atoms with E-state index in [0.29, 0.717) is 158 Å². The molecule has 0 bridgehead atoms. The second kappa shape index (κ2) is 50.8. The molecule has 0 aromatic carbocycles. The molecule has 60 heavy (non-hydrogen) atoms. The zero-order valence-corrected chi connectivity index (χ0v) is 40.0. The van der Waals surface area contributed by atoms with Crippen LogP contribution in [0.2, 0.25) is 19.6 Å². The second-order valence-electron chi connectivity index (χ2n) is 15.6. The molecule has 0 spiro atoms. The first kappa shape index (κ1) is 59.2. The highest BCUT2D eigenvalue weighted by molar-refractivity contribution is 6.69. The molecule has 0 aromatic rings. The minimum atomic E-state index is -1.46. The van der Waals surface area contributed by atoms with Gasteiger partial charge in [0.15, 0.2) is 8.32 Å². The zero-order valence-electron chi connectivity index (χ0n) is 39.0. The number of hydrogen-bond donors (Lipinski definition) is 0. The number of unbranched alkanes of at least 4 members (excludes halogenated alkanes) is 14. The zero-order chi connectivity index (χ0) is 43.6. The Labute approximate surface area is 367 Å². The van der Waals surface area contributed by atoms with Crippen molar-refractivity contribution < 1.29 is 66.1 Å². The van der Waals surface area contributed by atoms with Crippen LogP contribution in [-0.2, 0) is 66.1 Å². The molecule has 0 atom stereocenters. The van der Waals surface area contributed by atoms with E-state index < -0.39 is 8.32 Å². The summed E-state index contributed by atoms with van der Waals surface area (Å²) in [5.41, 5.74) is 0. The highest BCUT2D eigenvalue weighted by atomic mass is 28.4. The number of hydrogen-bond acceptors (Lipinski definition) is 14. The van der Waals surface area contributed by atoms with E-state index in [1.54, 1.807) is 0 Å². The van der Waals surface area contributed by atoms with Crippen molar-refractivity contribution in [3.05, 3.63) is 0 Å². The molecule has 0 aromatic heterocycles. The standard InChI is InChI=1S/C45H92O14Si/c1-5-6-7-8-9-10-11-12-13-14-15-16-17-18-19-20-45(46)58-43-41-56-39-37-54-35-33-52-31-29-50-27-25-48-23-21-47-22-24-49-26-28-51-30-32-53-34-36-55-38-40-57-42-44-59-60(2,3)4/h5-44H2,1-4H3. The summed E-state index contributed by atoms with van der Waals surface area (Å²) in [6.07, 6.45) is 20.2. The van der Waals surface area contributed by atoms with Gasteiger partial charge in [-0.1, -0.05) is 96.8 Å². The highest BCUT2D eigenvalue weighted by Gasteiger charge is 2.13. The molecule has 0 aliphatic carbocycles. The van der Waals surface area contributed by atoms with E-state index in [4.69, 9.17) is 61.3 Å². The van der Waals surface area contributed by atoms with E-state index in [1.165, 1.54) is 83.5 Å². The van der Waals surface area contributed by atoms with Gasteiger partial charge in [0.05, 0.1) is 152 Å². The lowest BCUT2D eigenvalue weighted by molar-refractivity contribution is -0.145. The molecule has 15 heteroatoms. The molecule has 0 heterocycles. The fourth-order valence-corrected chi connectivity index (χ4v) is 6.33. The van der Waals surface area contributed by atoms with Gasteiger partial charge in [-0.2, -0.15) is 0 Å². The second-order valence-corrected chi connectivity index (χ2v) is 20.1. The van der Waals surface area contributed by atoms with Crippen molar-refractivity contribution in [3.63, 3.8) is 0 Å². The number of esters is 1. The van der Waals surface area contributed by atoms with Crippen LogP contribution in [0.25, 0.3) is 0 Å². The van der Waals surface area contributed by atoms with Crippen LogP contribution in [0.5, 0.6) is 0 Å². The number of carbonyl (C=O) groups is 1. The normalized spacial score (nSPS) is 11.9. The molecule has 14 nitrogen and oxygen atoms in total. The summed E-state index contributed by atoms with van der Waals surface area (Å²) in [7, 11) is -1.46. The summed E-state index contributed by atoms with van der Waals surface area (Å²) in [6.45, 7) is 20.8. The summed E-state index contributed by atoms with van der Waals surface area (Å²) in [5, 5.41) is 0. The monoisotopic (exact) mass is 885 g/mol. The van der Waals surface area contributed by atoms with Gasteiger partial charge in [0, 0.05) is 6.42 Å². The van der Waals surface area contributed by atoms with Crippen LogP contribution in [0.15, 0.2) is 0 Å². The highest BCUT2D eigenvalue weighted by Crippen LogP contribution is 2.14. The number of carbonyl (C=O) groups excluding carboxylic acids is 1. The third-order valence-corrected chi connectivity index (χ3v) is 10.0. The summed E-state index contributed by atoms with van der Waals surface area (Å²) in [5.74, 6) is -0.131. The summed E-state index contributed by atoms with van der Waals surface area (Å²) in [6, 6.07) is 0. The smallest absolute Gasteiger partial charge is 0.305 e. The largest absolute Gasteiger partial charge is 0.463 e. The van der Waals surface area contributed by atoms with Crippen molar-refractivity contribution in [1.82, 2.24) is 0 Å². The van der Waals surface area contributed by atoms with Crippen LogP contribution in [0.3, 0.4) is 0 Å². The van der Waals surface area contributed by atoms with E-state index in [0.717, 1.165) is 12.8 Å². The molecule has 0 unspecified atom stereocenters. The first-order valence-electron chi connectivity index (χ1n) is 23.6. The molecule has 360 valence electrons. The minimum Gasteiger partial charge on any atom is -0.463 e. The van der Waals surface area contributed by atoms with Crippen LogP contribution in [-0.4, -0.2) is 173 Å². The van der Waals surface area contributed by atoms with Gasteiger partial charge in [0.25, 0.3) is 0 Å². The Hall–Kier alpha value is -0.793. The van der Waals surface area contributed by atoms with Gasteiger partial charge in [0.2, 0.25) is 0 Å². The van der Waals surface area contributed by atoms with E-state index in [2.05, 4.69) is 26.6 Å². The van der Waals surface area contributed by atoms with Crippen LogP contribution in [0, 0.1) is 0 Å². The summed E-state index contributed by atoms with van der Waals surface area (Å²) in [4.78, 5) is 11.9. The molecule has 0 rings (SSSR count). The van der Waals surface area contributed by atoms with Crippen molar-refractivity contribution in [1.29, 1.82) is 0 Å². The van der Waals surface area contributed by atoms with Gasteiger partial charge in [-0.25, -0.2) is 0 Å². The Morgan fingerprint density at radius 1 is 0.300 bits per heavy atom. The average Bonchev–Trinajstić information content (AvgIpc) is 3.23. The van der Waals surface area contributed by atoms with E-state index in [-0.39, 0.29) is 12.6 Å². The molecule has 0 radical (unpaired) electrons. The Kier molecular flexibility index (Phi) is 50.2. The van der Waals surface area contributed by atoms with Crippen LogP contribution >= 0.6 is 0 Å². The Morgan fingerprint density at radius 3 is 0.767 bits per heavy atom. The lowest BCUT2D eigenvalue weighted by atomic mass is 10.0. The van der Waals surface area contributed by atoms with E-state index in [1.807, 2.05) is 0 Å². The summed E-state index contributed by atoms with van der Waals surface area (Å²) >= 11 is 0. The Bertz CT molecular complexity index is 823. The fraction of sp³-hybridized carbons (Fsp3) is 0.978. The lowest BCUT2D eigenvalue weighted by Gasteiger charge is -2.16. The minimum absolute atomic E-state index is 0.131. The van der Waals surface area contributed by atoms with Gasteiger partial charge in [-0.05, 0) is 26.1 Å². The quantitative estimate of drug-likeness (QED) is 0.0333. The van der Waals surface area contributed by atoms with Gasteiger partial charge in [-0.3, -0.25) is 4.79 Å². The SMILES string of the molecule is CCCCCCCCCCCCCCCCCC(=O)OCCOCCOCCOCCOCCOCCOCCOCCOCCOCCOCCOCCO[Si](C)(C)C. The predicted molar refractivity (Wildman–Crippen MR) is 239 cm³/mol. The first-order valence-corrected chi connectivity index (χ1v) is 27.0. The number of ether oxygens (including phenoxy) is 12. The summed E-state index contributed by atoms with van der Waals surface area (Å²) < 4.78 is 71.5. The van der Waals surface area contributed by atoms with Gasteiger partial charge in [0.1, 0.15) is 6.61 Å². The third-order valence-electron chi connectivity index (χ3n) is 8.96. The van der Waals surface area contributed by atoms with Crippen LogP contribution in [0.1, 0.15) is 110 Å². The van der Waals surface area contributed by atoms with Crippen molar-refractivity contribution >= 4 is 14.3 Å². The molecule has 0 saturated heterocycles. The lowest BCUT2D eigenvalue weighted by Crippen LogP contribution is -2.27. The molecular formula is C45H92O14Si. The molecule has 0 amide bonds. The molecule has 0 N–H and O–H groups in total. The molecule has 0 saturated carbocycles. The molecule has 0 aliphatic rings. The van der Waals surface area contributed by atoms with Crippen molar-refractivity contribution in [3.8, 4) is 0 Å². The predicted octanol–water partition coefficient (Wildman–Crippen LogP) is 7.83.